The van der Waals surface area contributed by atoms with Crippen molar-refractivity contribution >= 4 is 5.91 Å². The molecular weight excluding hydrogens is 226 g/mol. The zero-order chi connectivity index (χ0) is 13.1. The summed E-state index contributed by atoms with van der Waals surface area (Å²) in [6.45, 7) is 4.83. The van der Waals surface area contributed by atoms with Gasteiger partial charge in [-0.1, -0.05) is 13.3 Å². The fraction of sp³-hybridized carbons (Fsp3) is 0.533. The molecular formula is C15H21NO2. The Kier molecular flexibility index (Phi) is 3.90. The van der Waals surface area contributed by atoms with Crippen molar-refractivity contribution in [2.24, 2.45) is 11.8 Å². The standard InChI is InChI=1S/C15H21NO2/c1-10-3-4-12(7-10)9-16-15(18)13-5-6-14(17)11(2)8-13/h5-6,8,10,12,17H,3-4,7,9H2,1-2H3,(H,16,18). The third-order valence-corrected chi connectivity index (χ3v) is 3.81. The Bertz CT molecular complexity index is 442. The lowest BCUT2D eigenvalue weighted by Crippen LogP contribution is -2.28. The predicted molar refractivity (Wildman–Crippen MR) is 71.7 cm³/mol. The Morgan fingerprint density at radius 1 is 1.44 bits per heavy atom. The highest BCUT2D eigenvalue weighted by atomic mass is 16.3. The Morgan fingerprint density at radius 3 is 2.83 bits per heavy atom. The SMILES string of the molecule is Cc1cc(C(=O)NCC2CCC(C)C2)ccc1O. The van der Waals surface area contributed by atoms with Crippen molar-refractivity contribution in [2.45, 2.75) is 33.1 Å². The summed E-state index contributed by atoms with van der Waals surface area (Å²) in [6.07, 6.45) is 3.71. The second-order valence-corrected chi connectivity index (χ2v) is 5.50. The summed E-state index contributed by atoms with van der Waals surface area (Å²) in [5.41, 5.74) is 1.36. The lowest BCUT2D eigenvalue weighted by atomic mass is 10.1. The number of hydrogen-bond donors (Lipinski definition) is 2. The Morgan fingerprint density at radius 2 is 2.22 bits per heavy atom. The minimum atomic E-state index is -0.0438. The molecule has 1 saturated carbocycles. The number of nitrogens with one attached hydrogen (secondary N) is 1. The van der Waals surface area contributed by atoms with Crippen molar-refractivity contribution in [2.75, 3.05) is 6.54 Å². The molecule has 2 atom stereocenters. The highest BCUT2D eigenvalue weighted by Crippen LogP contribution is 2.29. The molecule has 1 aromatic rings. The number of aromatic hydroxyl groups is 1. The van der Waals surface area contributed by atoms with E-state index < -0.39 is 0 Å². The normalized spacial score (nSPS) is 23.0. The monoisotopic (exact) mass is 247 g/mol. The van der Waals surface area contributed by atoms with Gasteiger partial charge in [-0.3, -0.25) is 4.79 Å². The molecule has 0 aromatic heterocycles. The largest absolute Gasteiger partial charge is 0.508 e. The van der Waals surface area contributed by atoms with Crippen LogP contribution in [0.25, 0.3) is 0 Å². The predicted octanol–water partition coefficient (Wildman–Crippen LogP) is 2.87. The first-order valence-electron chi connectivity index (χ1n) is 6.64. The van der Waals surface area contributed by atoms with Crippen LogP contribution in [-0.4, -0.2) is 17.6 Å². The Hall–Kier alpha value is -1.51. The maximum absolute atomic E-state index is 12.0. The van der Waals surface area contributed by atoms with E-state index in [2.05, 4.69) is 12.2 Å². The summed E-state index contributed by atoms with van der Waals surface area (Å²) in [5, 5.41) is 12.4. The van der Waals surface area contributed by atoms with Crippen LogP contribution in [0.3, 0.4) is 0 Å². The van der Waals surface area contributed by atoms with Crippen molar-refractivity contribution < 1.29 is 9.90 Å². The van der Waals surface area contributed by atoms with Gasteiger partial charge in [0, 0.05) is 12.1 Å². The fourth-order valence-electron chi connectivity index (χ4n) is 2.65. The quantitative estimate of drug-likeness (QED) is 0.863. The van der Waals surface area contributed by atoms with Crippen LogP contribution in [0.15, 0.2) is 18.2 Å². The number of benzene rings is 1. The summed E-state index contributed by atoms with van der Waals surface area (Å²) in [5.74, 6) is 1.61. The van der Waals surface area contributed by atoms with Crippen LogP contribution < -0.4 is 5.32 Å². The van der Waals surface area contributed by atoms with Crippen LogP contribution in [0.4, 0.5) is 0 Å². The van der Waals surface area contributed by atoms with Gasteiger partial charge < -0.3 is 10.4 Å². The van der Waals surface area contributed by atoms with Crippen molar-refractivity contribution in [3.8, 4) is 5.75 Å². The van der Waals surface area contributed by atoms with Gasteiger partial charge >= 0.3 is 0 Å². The van der Waals surface area contributed by atoms with Gasteiger partial charge in [0.25, 0.3) is 5.91 Å². The van der Waals surface area contributed by atoms with Gasteiger partial charge in [0.1, 0.15) is 5.75 Å². The Balaban J connectivity index is 1.89. The first-order valence-corrected chi connectivity index (χ1v) is 6.64. The van der Waals surface area contributed by atoms with E-state index in [4.69, 9.17) is 0 Å². The lowest BCUT2D eigenvalue weighted by Gasteiger charge is -2.11. The highest BCUT2D eigenvalue weighted by Gasteiger charge is 2.21. The van der Waals surface area contributed by atoms with E-state index in [0.29, 0.717) is 11.5 Å². The van der Waals surface area contributed by atoms with Gasteiger partial charge in [0.05, 0.1) is 0 Å². The number of hydrogen-bond acceptors (Lipinski definition) is 2. The van der Waals surface area contributed by atoms with E-state index >= 15 is 0 Å². The second kappa shape index (κ2) is 5.42. The van der Waals surface area contributed by atoms with E-state index in [0.717, 1.165) is 18.0 Å². The molecule has 2 rings (SSSR count). The van der Waals surface area contributed by atoms with E-state index in [1.165, 1.54) is 19.3 Å². The van der Waals surface area contributed by atoms with E-state index in [9.17, 15) is 9.90 Å². The molecule has 1 fully saturated rings. The molecule has 3 heteroatoms. The van der Waals surface area contributed by atoms with Gasteiger partial charge in [-0.15, -0.1) is 0 Å². The van der Waals surface area contributed by atoms with Crippen molar-refractivity contribution in [1.82, 2.24) is 5.32 Å². The molecule has 1 aromatic carbocycles. The number of amides is 1. The van der Waals surface area contributed by atoms with E-state index in [1.54, 1.807) is 25.1 Å². The molecule has 0 heterocycles. The van der Waals surface area contributed by atoms with Gasteiger partial charge in [-0.25, -0.2) is 0 Å². The van der Waals surface area contributed by atoms with Gasteiger partial charge in [0.15, 0.2) is 0 Å². The number of phenolic OH excluding ortho intramolecular Hbond substituents is 1. The summed E-state index contributed by atoms with van der Waals surface area (Å²) < 4.78 is 0. The van der Waals surface area contributed by atoms with Gasteiger partial charge in [0.2, 0.25) is 0 Å². The minimum Gasteiger partial charge on any atom is -0.508 e. The lowest BCUT2D eigenvalue weighted by molar-refractivity contribution is 0.0947. The molecule has 0 radical (unpaired) electrons. The third-order valence-electron chi connectivity index (χ3n) is 3.81. The molecule has 0 saturated heterocycles. The average Bonchev–Trinajstić information content (AvgIpc) is 2.75. The molecule has 1 amide bonds. The molecule has 0 aliphatic heterocycles. The summed E-state index contributed by atoms with van der Waals surface area (Å²) in [4.78, 5) is 12.0. The second-order valence-electron chi connectivity index (χ2n) is 5.50. The van der Waals surface area contributed by atoms with Crippen LogP contribution >= 0.6 is 0 Å². The van der Waals surface area contributed by atoms with Gasteiger partial charge in [-0.05, 0) is 55.4 Å². The first kappa shape index (κ1) is 12.9. The smallest absolute Gasteiger partial charge is 0.251 e. The molecule has 2 unspecified atom stereocenters. The maximum Gasteiger partial charge on any atom is 0.251 e. The average molecular weight is 247 g/mol. The summed E-state index contributed by atoms with van der Waals surface area (Å²) in [7, 11) is 0. The number of rotatable bonds is 3. The zero-order valence-corrected chi connectivity index (χ0v) is 11.1. The third kappa shape index (κ3) is 3.03. The van der Waals surface area contributed by atoms with E-state index in [1.807, 2.05) is 0 Å². The van der Waals surface area contributed by atoms with Crippen molar-refractivity contribution in [1.29, 1.82) is 0 Å². The maximum atomic E-state index is 12.0. The van der Waals surface area contributed by atoms with Crippen LogP contribution in [0.5, 0.6) is 5.75 Å². The van der Waals surface area contributed by atoms with Crippen LogP contribution in [0.2, 0.25) is 0 Å². The molecule has 98 valence electrons. The highest BCUT2D eigenvalue weighted by molar-refractivity contribution is 5.94. The molecule has 0 bridgehead atoms. The Labute approximate surface area is 108 Å². The molecule has 1 aliphatic rings. The molecule has 2 N–H and O–H groups in total. The van der Waals surface area contributed by atoms with Crippen LogP contribution in [-0.2, 0) is 0 Å². The number of aryl methyl sites for hydroxylation is 1. The number of carbonyl (C=O) groups is 1. The number of phenols is 1. The topological polar surface area (TPSA) is 49.3 Å². The van der Waals surface area contributed by atoms with Crippen LogP contribution in [0, 0.1) is 18.8 Å². The van der Waals surface area contributed by atoms with Crippen molar-refractivity contribution in [3.05, 3.63) is 29.3 Å². The molecule has 3 nitrogen and oxygen atoms in total. The fourth-order valence-corrected chi connectivity index (χ4v) is 2.65. The minimum absolute atomic E-state index is 0.0438. The molecule has 1 aliphatic carbocycles. The summed E-state index contributed by atoms with van der Waals surface area (Å²) in [6, 6.07) is 4.96. The molecule has 0 spiro atoms. The summed E-state index contributed by atoms with van der Waals surface area (Å²) >= 11 is 0. The van der Waals surface area contributed by atoms with Crippen LogP contribution in [0.1, 0.15) is 42.1 Å². The van der Waals surface area contributed by atoms with Gasteiger partial charge in [-0.2, -0.15) is 0 Å². The van der Waals surface area contributed by atoms with Crippen molar-refractivity contribution in [3.63, 3.8) is 0 Å². The first-order chi connectivity index (χ1) is 8.56. The zero-order valence-electron chi connectivity index (χ0n) is 11.1. The van der Waals surface area contributed by atoms with E-state index in [-0.39, 0.29) is 11.7 Å². The number of carbonyl (C=O) groups excluding carboxylic acids is 1. The molecule has 18 heavy (non-hydrogen) atoms.